The number of nitrogens with one attached hydrogen (secondary N) is 2. The number of carbonyl (C=O) groups excluding carboxylic acids is 1. The number of halogens is 1. The molecule has 0 spiro atoms. The zero-order valence-corrected chi connectivity index (χ0v) is 14.1. The Labute approximate surface area is 132 Å². The molecule has 0 saturated heterocycles. The molecule has 0 fully saturated rings. The summed E-state index contributed by atoms with van der Waals surface area (Å²) >= 11 is 6.13. The van der Waals surface area contributed by atoms with Gasteiger partial charge in [-0.1, -0.05) is 24.6 Å². The molecule has 0 aliphatic rings. The molecule has 2 N–H and O–H groups in total. The fraction of sp³-hybridized carbons (Fsp3) is 0.562. The summed E-state index contributed by atoms with van der Waals surface area (Å²) in [6.45, 7) is 10.8. The Hall–Kier alpha value is -1.26. The zero-order chi connectivity index (χ0) is 15.8. The largest absolute Gasteiger partial charge is 0.362 e. The minimum absolute atomic E-state index is 0.0289. The average Bonchev–Trinajstić information content (AvgIpc) is 2.42. The molecule has 1 amide bonds. The van der Waals surface area contributed by atoms with Crippen molar-refractivity contribution in [2.45, 2.75) is 40.3 Å². The molecule has 0 saturated carbocycles. The van der Waals surface area contributed by atoms with Gasteiger partial charge in [0.05, 0.1) is 6.54 Å². The van der Waals surface area contributed by atoms with Crippen molar-refractivity contribution in [3.63, 3.8) is 0 Å². The molecular formula is C16H26ClN3O. The predicted octanol–water partition coefficient (Wildman–Crippen LogP) is 2.80. The number of hydrogen-bond acceptors (Lipinski definition) is 3. The number of amides is 1. The monoisotopic (exact) mass is 311 g/mol. The van der Waals surface area contributed by atoms with Crippen molar-refractivity contribution in [2.75, 3.05) is 24.5 Å². The van der Waals surface area contributed by atoms with E-state index in [0.717, 1.165) is 30.9 Å². The second kappa shape index (κ2) is 8.90. The van der Waals surface area contributed by atoms with Crippen molar-refractivity contribution in [1.82, 2.24) is 10.6 Å². The second-order valence-electron chi connectivity index (χ2n) is 5.29. The maximum atomic E-state index is 12.0. The zero-order valence-electron chi connectivity index (χ0n) is 13.4. The van der Waals surface area contributed by atoms with E-state index >= 15 is 0 Å². The lowest BCUT2D eigenvalue weighted by Gasteiger charge is -2.26. The highest BCUT2D eigenvalue weighted by Gasteiger charge is 2.14. The molecule has 0 aliphatic heterocycles. The third-order valence-electron chi connectivity index (χ3n) is 3.12. The molecule has 5 heteroatoms. The first-order valence-electron chi connectivity index (χ1n) is 7.51. The Bertz CT molecular complexity index is 463. The number of rotatable bonds is 8. The number of likely N-dealkylation sites (N-methyl/N-ethyl adjacent to an activating group) is 1. The van der Waals surface area contributed by atoms with E-state index < -0.39 is 0 Å². The summed E-state index contributed by atoms with van der Waals surface area (Å²) in [6, 6.07) is 5.99. The summed E-state index contributed by atoms with van der Waals surface area (Å²) in [7, 11) is 0. The molecule has 0 unspecified atom stereocenters. The lowest BCUT2D eigenvalue weighted by Crippen LogP contribution is -2.40. The van der Waals surface area contributed by atoms with Gasteiger partial charge in [0.25, 0.3) is 0 Å². The van der Waals surface area contributed by atoms with Crippen molar-refractivity contribution >= 4 is 23.2 Å². The molecule has 0 aliphatic carbocycles. The SMILES string of the molecule is CCNCc1ccc(Cl)cc1N(CC)CC(=O)NC(C)C. The summed E-state index contributed by atoms with van der Waals surface area (Å²) in [5, 5.41) is 6.93. The number of carbonyl (C=O) groups is 1. The van der Waals surface area contributed by atoms with Crippen LogP contribution in [0.15, 0.2) is 18.2 Å². The van der Waals surface area contributed by atoms with Crippen molar-refractivity contribution in [3.05, 3.63) is 28.8 Å². The van der Waals surface area contributed by atoms with Crippen molar-refractivity contribution in [3.8, 4) is 0 Å². The van der Waals surface area contributed by atoms with E-state index in [2.05, 4.69) is 22.5 Å². The van der Waals surface area contributed by atoms with Gasteiger partial charge < -0.3 is 15.5 Å². The van der Waals surface area contributed by atoms with E-state index in [9.17, 15) is 4.79 Å². The molecular weight excluding hydrogens is 286 g/mol. The predicted molar refractivity (Wildman–Crippen MR) is 90.0 cm³/mol. The van der Waals surface area contributed by atoms with Crippen LogP contribution >= 0.6 is 11.6 Å². The van der Waals surface area contributed by atoms with Crippen LogP contribution in [0, 0.1) is 0 Å². The van der Waals surface area contributed by atoms with Gasteiger partial charge in [-0.25, -0.2) is 0 Å². The maximum Gasteiger partial charge on any atom is 0.239 e. The lowest BCUT2D eigenvalue weighted by molar-refractivity contribution is -0.120. The highest BCUT2D eigenvalue weighted by atomic mass is 35.5. The highest BCUT2D eigenvalue weighted by molar-refractivity contribution is 6.30. The number of nitrogens with zero attached hydrogens (tertiary/aromatic N) is 1. The molecule has 0 bridgehead atoms. The summed E-state index contributed by atoms with van der Waals surface area (Å²) in [5.74, 6) is 0.0289. The van der Waals surface area contributed by atoms with Gasteiger partial charge in [0.15, 0.2) is 0 Å². The molecule has 0 radical (unpaired) electrons. The molecule has 4 nitrogen and oxygen atoms in total. The average molecular weight is 312 g/mol. The molecule has 0 aromatic heterocycles. The molecule has 0 atom stereocenters. The van der Waals surface area contributed by atoms with Crippen LogP contribution in [-0.4, -0.2) is 31.6 Å². The van der Waals surface area contributed by atoms with Crippen molar-refractivity contribution < 1.29 is 4.79 Å². The minimum Gasteiger partial charge on any atom is -0.362 e. The summed E-state index contributed by atoms with van der Waals surface area (Å²) in [4.78, 5) is 14.1. The van der Waals surface area contributed by atoms with E-state index in [1.165, 1.54) is 0 Å². The van der Waals surface area contributed by atoms with Gasteiger partial charge >= 0.3 is 0 Å². The second-order valence-corrected chi connectivity index (χ2v) is 5.73. The number of benzene rings is 1. The Kier molecular flexibility index (Phi) is 7.54. The van der Waals surface area contributed by atoms with Crippen LogP contribution in [0.25, 0.3) is 0 Å². The Morgan fingerprint density at radius 3 is 2.62 bits per heavy atom. The molecule has 0 heterocycles. The first kappa shape index (κ1) is 17.8. The smallest absolute Gasteiger partial charge is 0.239 e. The first-order chi connectivity index (χ1) is 9.97. The standard InChI is InChI=1S/C16H26ClN3O/c1-5-18-10-13-7-8-14(17)9-15(13)20(6-2)11-16(21)19-12(3)4/h7-9,12,18H,5-6,10-11H2,1-4H3,(H,19,21). The van der Waals surface area contributed by atoms with Gasteiger partial charge in [-0.15, -0.1) is 0 Å². The van der Waals surface area contributed by atoms with Gasteiger partial charge in [-0.2, -0.15) is 0 Å². The third-order valence-corrected chi connectivity index (χ3v) is 3.35. The van der Waals surface area contributed by atoms with Crippen molar-refractivity contribution in [2.24, 2.45) is 0 Å². The van der Waals surface area contributed by atoms with Crippen LogP contribution in [0.2, 0.25) is 5.02 Å². The quantitative estimate of drug-likeness (QED) is 0.776. The van der Waals surface area contributed by atoms with Gasteiger partial charge in [-0.3, -0.25) is 4.79 Å². The first-order valence-corrected chi connectivity index (χ1v) is 7.89. The van der Waals surface area contributed by atoms with Crippen LogP contribution in [0.3, 0.4) is 0 Å². The van der Waals surface area contributed by atoms with Crippen LogP contribution in [0.4, 0.5) is 5.69 Å². The molecule has 1 aromatic carbocycles. The summed E-state index contributed by atoms with van der Waals surface area (Å²) < 4.78 is 0. The number of anilines is 1. The number of hydrogen-bond donors (Lipinski definition) is 2. The molecule has 118 valence electrons. The Balaban J connectivity index is 2.92. The van der Waals surface area contributed by atoms with Crippen LogP contribution in [-0.2, 0) is 11.3 Å². The fourth-order valence-electron chi connectivity index (χ4n) is 2.15. The maximum absolute atomic E-state index is 12.0. The summed E-state index contributed by atoms with van der Waals surface area (Å²) in [6.07, 6.45) is 0. The van der Waals surface area contributed by atoms with Gasteiger partial charge in [0.1, 0.15) is 0 Å². The van der Waals surface area contributed by atoms with Gasteiger partial charge in [0, 0.05) is 29.8 Å². The lowest BCUT2D eigenvalue weighted by atomic mass is 10.1. The molecule has 1 rings (SSSR count). The van der Waals surface area contributed by atoms with E-state index in [0.29, 0.717) is 11.6 Å². The topological polar surface area (TPSA) is 44.4 Å². The normalized spacial score (nSPS) is 10.8. The Morgan fingerprint density at radius 2 is 2.05 bits per heavy atom. The van der Waals surface area contributed by atoms with E-state index in [1.807, 2.05) is 39.0 Å². The molecule has 21 heavy (non-hydrogen) atoms. The van der Waals surface area contributed by atoms with E-state index in [-0.39, 0.29) is 11.9 Å². The van der Waals surface area contributed by atoms with Gasteiger partial charge in [-0.05, 0) is 45.0 Å². The van der Waals surface area contributed by atoms with E-state index in [1.54, 1.807) is 0 Å². The summed E-state index contributed by atoms with van der Waals surface area (Å²) in [5.41, 5.74) is 2.17. The van der Waals surface area contributed by atoms with Gasteiger partial charge in [0.2, 0.25) is 5.91 Å². The minimum atomic E-state index is 0.0289. The third kappa shape index (κ3) is 5.94. The molecule has 1 aromatic rings. The van der Waals surface area contributed by atoms with Crippen LogP contribution < -0.4 is 15.5 Å². The van der Waals surface area contributed by atoms with Crippen LogP contribution in [0.5, 0.6) is 0 Å². The fourth-order valence-corrected chi connectivity index (χ4v) is 2.32. The Morgan fingerprint density at radius 1 is 1.33 bits per heavy atom. The highest BCUT2D eigenvalue weighted by Crippen LogP contribution is 2.25. The van der Waals surface area contributed by atoms with Crippen LogP contribution in [0.1, 0.15) is 33.3 Å². The van der Waals surface area contributed by atoms with E-state index in [4.69, 9.17) is 11.6 Å². The van der Waals surface area contributed by atoms with Crippen molar-refractivity contribution in [1.29, 1.82) is 0 Å².